The van der Waals surface area contributed by atoms with Gasteiger partial charge in [-0.15, -0.1) is 0 Å². The summed E-state index contributed by atoms with van der Waals surface area (Å²) >= 11 is 0. The second-order valence-electron chi connectivity index (χ2n) is 12.1. The van der Waals surface area contributed by atoms with Crippen molar-refractivity contribution in [3.05, 3.63) is 47.2 Å². The van der Waals surface area contributed by atoms with Crippen molar-refractivity contribution in [3.63, 3.8) is 0 Å². The van der Waals surface area contributed by atoms with Crippen LogP contribution in [0.3, 0.4) is 0 Å². The molecule has 0 aliphatic carbocycles. The third-order valence-electron chi connectivity index (χ3n) is 5.89. The van der Waals surface area contributed by atoms with Crippen LogP contribution < -0.4 is 0 Å². The zero-order valence-corrected chi connectivity index (χ0v) is 25.3. The maximum absolute atomic E-state index is 6.99. The van der Waals surface area contributed by atoms with Crippen molar-refractivity contribution in [1.29, 1.82) is 0 Å². The summed E-state index contributed by atoms with van der Waals surface area (Å²) in [6, 6.07) is 10.5. The zero-order valence-electron chi connectivity index (χ0n) is 23.3. The van der Waals surface area contributed by atoms with Gasteiger partial charge >= 0.3 is 0 Å². The molecule has 0 saturated carbocycles. The van der Waals surface area contributed by atoms with Crippen molar-refractivity contribution in [1.82, 2.24) is 0 Å². The van der Waals surface area contributed by atoms with Crippen LogP contribution in [0.25, 0.3) is 0 Å². The highest BCUT2D eigenvalue weighted by Crippen LogP contribution is 2.32. The van der Waals surface area contributed by atoms with Crippen LogP contribution in [0.2, 0.25) is 39.3 Å². The fourth-order valence-corrected chi connectivity index (χ4v) is 7.80. The Morgan fingerprint density at radius 2 is 1.45 bits per heavy atom. The molecule has 1 atom stereocenters. The van der Waals surface area contributed by atoms with Crippen molar-refractivity contribution < 1.29 is 9.16 Å². The van der Waals surface area contributed by atoms with E-state index in [1.165, 1.54) is 56.1 Å². The van der Waals surface area contributed by atoms with Crippen molar-refractivity contribution in [2.24, 2.45) is 0 Å². The Hall–Kier alpha value is -0.686. The predicted molar refractivity (Wildman–Crippen MR) is 152 cm³/mol. The second kappa shape index (κ2) is 15.3. The Labute approximate surface area is 208 Å². The van der Waals surface area contributed by atoms with Gasteiger partial charge in [-0.1, -0.05) is 113 Å². The summed E-state index contributed by atoms with van der Waals surface area (Å²) in [5, 5.41) is 0. The van der Waals surface area contributed by atoms with Crippen molar-refractivity contribution in [3.8, 4) is 0 Å². The van der Waals surface area contributed by atoms with Gasteiger partial charge < -0.3 is 9.16 Å². The maximum atomic E-state index is 6.99. The number of benzene rings is 1. The molecule has 0 aromatic heterocycles. The molecule has 0 bridgehead atoms. The smallest absolute Gasteiger partial charge is 0.184 e. The number of rotatable bonds is 18. The zero-order chi connectivity index (χ0) is 24.8. The van der Waals surface area contributed by atoms with Crippen LogP contribution in [-0.2, 0) is 15.8 Å². The van der Waals surface area contributed by atoms with Gasteiger partial charge in [0.1, 0.15) is 0 Å². The van der Waals surface area contributed by atoms with Gasteiger partial charge in [0.05, 0.1) is 26.9 Å². The van der Waals surface area contributed by atoms with Gasteiger partial charge in [-0.05, 0) is 51.4 Å². The molecule has 0 aliphatic rings. The van der Waals surface area contributed by atoms with Gasteiger partial charge in [0.25, 0.3) is 0 Å². The lowest BCUT2D eigenvalue weighted by Crippen LogP contribution is -2.46. The Bertz CT molecular complexity index is 658. The molecule has 4 heteroatoms. The molecule has 0 radical (unpaired) electrons. The standard InChI is InChI=1S/C29H54O2Si2/c1-9-10-11-12-13-14-18-22-29(31-33(6,7)8,23-21-27(2)25-32(3,4)5)26-30-24-28-19-16-15-17-20-28/h15-17,19-20,25H,9-14,18,21-24,26H2,1-8H3/b27-25+/t29-/m0/s1. The van der Waals surface area contributed by atoms with Gasteiger partial charge in [-0.3, -0.25) is 0 Å². The first kappa shape index (κ1) is 30.3. The highest BCUT2D eigenvalue weighted by atomic mass is 28.4. The van der Waals surface area contributed by atoms with Gasteiger partial charge in [-0.25, -0.2) is 0 Å². The minimum Gasteiger partial charge on any atom is -0.410 e. The minimum absolute atomic E-state index is 0.169. The van der Waals surface area contributed by atoms with Crippen LogP contribution in [0.15, 0.2) is 41.6 Å². The summed E-state index contributed by atoms with van der Waals surface area (Å²) in [4.78, 5) is 0. The van der Waals surface area contributed by atoms with Gasteiger partial charge in [0, 0.05) is 0 Å². The lowest BCUT2D eigenvalue weighted by Gasteiger charge is -2.40. The van der Waals surface area contributed by atoms with E-state index in [0.717, 1.165) is 19.3 Å². The Kier molecular flexibility index (Phi) is 14.1. The van der Waals surface area contributed by atoms with Crippen molar-refractivity contribution in [2.75, 3.05) is 6.61 Å². The average Bonchev–Trinajstić information content (AvgIpc) is 2.70. The molecule has 0 N–H and O–H groups in total. The normalized spacial score (nSPS) is 15.0. The molecule has 33 heavy (non-hydrogen) atoms. The van der Waals surface area contributed by atoms with Crippen molar-refractivity contribution in [2.45, 2.75) is 130 Å². The number of unbranched alkanes of at least 4 members (excludes halogenated alkanes) is 6. The summed E-state index contributed by atoms with van der Waals surface area (Å²) in [7, 11) is -2.92. The maximum Gasteiger partial charge on any atom is 0.184 e. The third-order valence-corrected chi connectivity index (χ3v) is 8.29. The Balaban J connectivity index is 2.88. The van der Waals surface area contributed by atoms with E-state index in [9.17, 15) is 0 Å². The predicted octanol–water partition coefficient (Wildman–Crippen LogP) is 9.54. The van der Waals surface area contributed by atoms with E-state index in [0.29, 0.717) is 13.2 Å². The average molecular weight is 491 g/mol. The first-order valence-corrected chi connectivity index (χ1v) is 20.4. The van der Waals surface area contributed by atoms with E-state index in [-0.39, 0.29) is 5.60 Å². The van der Waals surface area contributed by atoms with E-state index in [2.05, 4.69) is 89.2 Å². The molecule has 0 heterocycles. The van der Waals surface area contributed by atoms with E-state index < -0.39 is 16.4 Å². The minimum atomic E-state index is -1.72. The number of hydrogen-bond donors (Lipinski definition) is 0. The lowest BCUT2D eigenvalue weighted by molar-refractivity contribution is -0.0503. The first-order valence-electron chi connectivity index (χ1n) is 13.4. The van der Waals surface area contributed by atoms with Gasteiger partial charge in [-0.2, -0.15) is 0 Å². The monoisotopic (exact) mass is 490 g/mol. The molecule has 2 nitrogen and oxygen atoms in total. The molecule has 0 amide bonds. The molecule has 0 saturated heterocycles. The van der Waals surface area contributed by atoms with Crippen LogP contribution in [0.1, 0.15) is 83.6 Å². The fraction of sp³-hybridized carbons (Fsp3) is 0.724. The summed E-state index contributed by atoms with van der Waals surface area (Å²) in [6.45, 7) is 20.2. The van der Waals surface area contributed by atoms with Crippen LogP contribution in [0, 0.1) is 0 Å². The molecule has 0 fully saturated rings. The lowest BCUT2D eigenvalue weighted by atomic mass is 9.90. The van der Waals surface area contributed by atoms with E-state index in [1.807, 2.05) is 0 Å². The molecule has 190 valence electrons. The number of hydrogen-bond acceptors (Lipinski definition) is 2. The van der Waals surface area contributed by atoms with Crippen LogP contribution in [-0.4, -0.2) is 28.6 Å². The molecule has 1 rings (SSSR count). The molecule has 1 aromatic rings. The van der Waals surface area contributed by atoms with Crippen molar-refractivity contribution >= 4 is 16.4 Å². The molecule has 0 aliphatic heterocycles. The summed E-state index contributed by atoms with van der Waals surface area (Å²) in [6.07, 6.45) is 12.6. The second-order valence-corrected chi connectivity index (χ2v) is 21.6. The molecule has 0 spiro atoms. The number of allylic oxidation sites excluding steroid dienone is 1. The van der Waals surface area contributed by atoms with Gasteiger partial charge in [0.15, 0.2) is 8.32 Å². The summed E-state index contributed by atoms with van der Waals surface area (Å²) in [5.41, 5.74) is 5.16. The molecule has 0 unspecified atom stereocenters. The highest BCUT2D eigenvalue weighted by molar-refractivity contribution is 6.81. The van der Waals surface area contributed by atoms with E-state index >= 15 is 0 Å². The Morgan fingerprint density at radius 3 is 2.03 bits per heavy atom. The van der Waals surface area contributed by atoms with Crippen LogP contribution in [0.5, 0.6) is 0 Å². The Morgan fingerprint density at radius 1 is 0.848 bits per heavy atom. The molecular weight excluding hydrogens is 436 g/mol. The fourth-order valence-electron chi connectivity index (χ4n) is 4.62. The van der Waals surface area contributed by atoms with Crippen LogP contribution >= 0.6 is 0 Å². The molecular formula is C29H54O2Si2. The first-order chi connectivity index (χ1) is 15.4. The molecule has 1 aromatic carbocycles. The highest BCUT2D eigenvalue weighted by Gasteiger charge is 2.36. The van der Waals surface area contributed by atoms with E-state index in [1.54, 1.807) is 0 Å². The van der Waals surface area contributed by atoms with E-state index in [4.69, 9.17) is 9.16 Å². The third kappa shape index (κ3) is 15.8. The number of ether oxygens (including phenoxy) is 1. The summed E-state index contributed by atoms with van der Waals surface area (Å²) < 4.78 is 13.3. The summed E-state index contributed by atoms with van der Waals surface area (Å²) in [5.74, 6) is 0. The topological polar surface area (TPSA) is 18.5 Å². The van der Waals surface area contributed by atoms with Gasteiger partial charge in [0.2, 0.25) is 0 Å². The largest absolute Gasteiger partial charge is 0.410 e. The van der Waals surface area contributed by atoms with Crippen LogP contribution in [0.4, 0.5) is 0 Å². The quantitative estimate of drug-likeness (QED) is 0.151. The SMILES string of the molecule is CCCCCCCCC[C@](CC/C(C)=C/[Si](C)(C)C)(COCc1ccccc1)O[Si](C)(C)C.